The van der Waals surface area contributed by atoms with Gasteiger partial charge in [0.2, 0.25) is 5.91 Å². The van der Waals surface area contributed by atoms with E-state index in [1.54, 1.807) is 12.1 Å². The predicted octanol–water partition coefficient (Wildman–Crippen LogP) is 4.71. The van der Waals surface area contributed by atoms with Gasteiger partial charge in [0.15, 0.2) is 5.58 Å². The largest absolute Gasteiger partial charge is 0.464 e. The van der Waals surface area contributed by atoms with Crippen molar-refractivity contribution in [1.82, 2.24) is 4.57 Å². The molecule has 4 aromatic rings. The smallest absolute Gasteiger partial charge is 0.354 e. The molecular formula is C20H14BrFN2O4. The lowest BCUT2D eigenvalue weighted by atomic mass is 10.2. The molecule has 2 aromatic carbocycles. The molecule has 0 saturated carbocycles. The van der Waals surface area contributed by atoms with Crippen LogP contribution in [0.15, 0.2) is 57.4 Å². The van der Waals surface area contributed by atoms with Crippen molar-refractivity contribution in [2.45, 2.75) is 6.54 Å². The zero-order valence-corrected chi connectivity index (χ0v) is 16.2. The van der Waals surface area contributed by atoms with Crippen molar-refractivity contribution in [3.05, 3.63) is 64.5 Å². The Bertz CT molecular complexity index is 1230. The summed E-state index contributed by atoms with van der Waals surface area (Å²) in [5.74, 6) is -1.66. The van der Waals surface area contributed by atoms with E-state index in [-0.39, 0.29) is 17.9 Å². The summed E-state index contributed by atoms with van der Waals surface area (Å²) in [7, 11) is 1.26. The Morgan fingerprint density at radius 2 is 1.96 bits per heavy atom. The molecule has 2 aromatic heterocycles. The minimum atomic E-state index is -0.599. The minimum absolute atomic E-state index is 0.0493. The zero-order chi connectivity index (χ0) is 19.8. The number of anilines is 1. The molecule has 2 heterocycles. The number of halogens is 2. The molecular weight excluding hydrogens is 431 g/mol. The van der Waals surface area contributed by atoms with Crippen LogP contribution >= 0.6 is 15.9 Å². The van der Waals surface area contributed by atoms with E-state index in [2.05, 4.69) is 21.2 Å². The summed E-state index contributed by atoms with van der Waals surface area (Å²) in [6, 6.07) is 13.2. The second-order valence-electron chi connectivity index (χ2n) is 6.09. The summed E-state index contributed by atoms with van der Waals surface area (Å²) in [5, 5.41) is 3.29. The minimum Gasteiger partial charge on any atom is -0.464 e. The second-order valence-corrected chi connectivity index (χ2v) is 7.01. The molecule has 0 aliphatic rings. The number of rotatable bonds is 4. The Balaban J connectivity index is 1.75. The number of hydrogen-bond donors (Lipinski definition) is 1. The van der Waals surface area contributed by atoms with E-state index in [4.69, 9.17) is 9.15 Å². The van der Waals surface area contributed by atoms with Crippen molar-refractivity contribution in [2.24, 2.45) is 0 Å². The van der Waals surface area contributed by atoms with Gasteiger partial charge in [-0.25, -0.2) is 9.18 Å². The number of furan rings is 1. The number of hydrogen-bond acceptors (Lipinski definition) is 4. The van der Waals surface area contributed by atoms with Crippen molar-refractivity contribution in [1.29, 1.82) is 0 Å². The standard InChI is InChI=1S/C20H14BrFN2O4/c1-27-20(26)15-9-17-19(12-4-2-3-5-16(12)28-17)24(15)10-18(25)23-14-7-6-11(21)8-13(14)22/h2-9H,10H2,1H3,(H,23,25). The maximum absolute atomic E-state index is 14.0. The summed E-state index contributed by atoms with van der Waals surface area (Å²) in [6.45, 7) is -0.215. The zero-order valence-electron chi connectivity index (χ0n) is 14.7. The fourth-order valence-electron chi connectivity index (χ4n) is 3.11. The average molecular weight is 445 g/mol. The first-order chi connectivity index (χ1) is 13.5. The predicted molar refractivity (Wildman–Crippen MR) is 106 cm³/mol. The number of nitrogens with one attached hydrogen (secondary N) is 1. The molecule has 0 spiro atoms. The Morgan fingerprint density at radius 1 is 1.18 bits per heavy atom. The molecule has 0 aliphatic carbocycles. The topological polar surface area (TPSA) is 73.5 Å². The van der Waals surface area contributed by atoms with Gasteiger partial charge in [-0.2, -0.15) is 0 Å². The van der Waals surface area contributed by atoms with Crippen LogP contribution in [0.1, 0.15) is 10.5 Å². The van der Waals surface area contributed by atoms with Gasteiger partial charge in [0.05, 0.1) is 18.3 Å². The first kappa shape index (κ1) is 18.2. The number of amides is 1. The third kappa shape index (κ3) is 3.16. The number of methoxy groups -OCH3 is 1. The highest BCUT2D eigenvalue weighted by Gasteiger charge is 2.23. The highest BCUT2D eigenvalue weighted by atomic mass is 79.9. The Hall–Kier alpha value is -3.13. The average Bonchev–Trinajstić information content (AvgIpc) is 3.20. The van der Waals surface area contributed by atoms with Gasteiger partial charge in [-0.3, -0.25) is 4.79 Å². The number of esters is 1. The molecule has 0 fully saturated rings. The van der Waals surface area contributed by atoms with Crippen LogP contribution in [0.3, 0.4) is 0 Å². The van der Waals surface area contributed by atoms with Gasteiger partial charge in [0.1, 0.15) is 23.6 Å². The highest BCUT2D eigenvalue weighted by molar-refractivity contribution is 9.10. The van der Waals surface area contributed by atoms with Gasteiger partial charge in [0.25, 0.3) is 0 Å². The monoisotopic (exact) mass is 444 g/mol. The van der Waals surface area contributed by atoms with Crippen molar-refractivity contribution in [3.8, 4) is 0 Å². The Labute approximate surface area is 167 Å². The molecule has 1 N–H and O–H groups in total. The molecule has 6 nitrogen and oxygen atoms in total. The van der Waals surface area contributed by atoms with Crippen LogP contribution in [0.4, 0.5) is 10.1 Å². The summed E-state index contributed by atoms with van der Waals surface area (Å²) < 4.78 is 26.7. The normalized spacial score (nSPS) is 11.1. The molecule has 142 valence electrons. The molecule has 0 saturated heterocycles. The molecule has 8 heteroatoms. The van der Waals surface area contributed by atoms with E-state index in [9.17, 15) is 14.0 Å². The lowest BCUT2D eigenvalue weighted by Gasteiger charge is -2.11. The van der Waals surface area contributed by atoms with Crippen LogP contribution in [-0.2, 0) is 16.1 Å². The van der Waals surface area contributed by atoms with Crippen LogP contribution < -0.4 is 5.32 Å². The van der Waals surface area contributed by atoms with E-state index >= 15 is 0 Å². The van der Waals surface area contributed by atoms with E-state index < -0.39 is 17.7 Å². The van der Waals surface area contributed by atoms with Gasteiger partial charge in [-0.1, -0.05) is 28.1 Å². The van der Waals surface area contributed by atoms with Crippen molar-refractivity contribution in [3.63, 3.8) is 0 Å². The van der Waals surface area contributed by atoms with Crippen LogP contribution in [0.25, 0.3) is 22.1 Å². The van der Waals surface area contributed by atoms with Gasteiger partial charge >= 0.3 is 5.97 Å². The van der Waals surface area contributed by atoms with E-state index in [1.807, 2.05) is 18.2 Å². The summed E-state index contributed by atoms with van der Waals surface area (Å²) in [4.78, 5) is 24.8. The van der Waals surface area contributed by atoms with Crippen LogP contribution in [0.5, 0.6) is 0 Å². The van der Waals surface area contributed by atoms with E-state index in [0.717, 1.165) is 5.39 Å². The number of carbonyl (C=O) groups excluding carboxylic acids is 2. The number of fused-ring (bicyclic) bond motifs is 3. The van der Waals surface area contributed by atoms with Crippen molar-refractivity contribution >= 4 is 55.6 Å². The van der Waals surface area contributed by atoms with Gasteiger partial charge < -0.3 is 19.0 Å². The van der Waals surface area contributed by atoms with Crippen LogP contribution in [-0.4, -0.2) is 23.6 Å². The molecule has 0 unspecified atom stereocenters. The Kier molecular flexibility index (Phi) is 4.64. The fourth-order valence-corrected chi connectivity index (χ4v) is 3.44. The number of carbonyl (C=O) groups is 2. The van der Waals surface area contributed by atoms with Gasteiger partial charge in [-0.15, -0.1) is 0 Å². The SMILES string of the molecule is COC(=O)c1cc2oc3ccccc3c2n1CC(=O)Nc1ccc(Br)cc1F. The fraction of sp³-hybridized carbons (Fsp3) is 0.100. The Morgan fingerprint density at radius 3 is 2.71 bits per heavy atom. The quantitative estimate of drug-likeness (QED) is 0.462. The first-order valence-electron chi connectivity index (χ1n) is 8.32. The molecule has 0 bridgehead atoms. The van der Waals surface area contributed by atoms with Gasteiger partial charge in [0, 0.05) is 15.9 Å². The molecule has 1 amide bonds. The van der Waals surface area contributed by atoms with E-state index in [0.29, 0.717) is 21.2 Å². The number of aromatic nitrogens is 1. The lowest BCUT2D eigenvalue weighted by molar-refractivity contribution is -0.116. The third-order valence-electron chi connectivity index (χ3n) is 4.33. The van der Waals surface area contributed by atoms with Crippen LogP contribution in [0.2, 0.25) is 0 Å². The van der Waals surface area contributed by atoms with E-state index in [1.165, 1.54) is 29.9 Å². The summed E-state index contributed by atoms with van der Waals surface area (Å²) >= 11 is 3.17. The molecule has 0 aliphatic heterocycles. The molecule has 0 atom stereocenters. The van der Waals surface area contributed by atoms with Crippen molar-refractivity contribution in [2.75, 3.05) is 12.4 Å². The maximum Gasteiger partial charge on any atom is 0.354 e. The number of nitrogens with zero attached hydrogens (tertiary/aromatic N) is 1. The van der Waals surface area contributed by atoms with Crippen molar-refractivity contribution < 1.29 is 23.1 Å². The van der Waals surface area contributed by atoms with Crippen LogP contribution in [0, 0.1) is 5.82 Å². The van der Waals surface area contributed by atoms with Gasteiger partial charge in [-0.05, 0) is 30.3 Å². The first-order valence-corrected chi connectivity index (χ1v) is 9.11. The highest BCUT2D eigenvalue weighted by Crippen LogP contribution is 2.32. The molecule has 4 rings (SSSR count). The maximum atomic E-state index is 14.0. The summed E-state index contributed by atoms with van der Waals surface area (Å²) in [5.41, 5.74) is 1.92. The number of benzene rings is 2. The lowest BCUT2D eigenvalue weighted by Crippen LogP contribution is -2.22. The number of para-hydroxylation sites is 1. The second kappa shape index (κ2) is 7.12. The number of ether oxygens (including phenoxy) is 1. The molecule has 28 heavy (non-hydrogen) atoms. The third-order valence-corrected chi connectivity index (χ3v) is 4.82. The summed E-state index contributed by atoms with van der Waals surface area (Å²) in [6.07, 6.45) is 0. The molecule has 0 radical (unpaired) electrons.